The van der Waals surface area contributed by atoms with Gasteiger partial charge < -0.3 is 29.9 Å². The zero-order valence-corrected chi connectivity index (χ0v) is 11.7. The fourth-order valence-electron chi connectivity index (χ4n) is 1.99. The van der Waals surface area contributed by atoms with Crippen molar-refractivity contribution in [3.05, 3.63) is 24.3 Å². The lowest BCUT2D eigenvalue weighted by molar-refractivity contribution is -0.277. The van der Waals surface area contributed by atoms with Crippen LogP contribution in [0.25, 0.3) is 0 Å². The van der Waals surface area contributed by atoms with Crippen molar-refractivity contribution in [3.63, 3.8) is 0 Å². The molecule has 0 aromatic heterocycles. The van der Waals surface area contributed by atoms with Crippen LogP contribution in [-0.2, 0) is 4.74 Å². The Balaban J connectivity index is 2.20. The van der Waals surface area contributed by atoms with Crippen LogP contribution < -0.4 is 4.74 Å². The number of isothiocyanates is 1. The Morgan fingerprint density at radius 2 is 1.90 bits per heavy atom. The summed E-state index contributed by atoms with van der Waals surface area (Å²) in [6, 6.07) is 6.60. The number of aliphatic hydroxyl groups is 4. The monoisotopic (exact) mass is 313 g/mol. The summed E-state index contributed by atoms with van der Waals surface area (Å²) < 4.78 is 10.7. The lowest BCUT2D eigenvalue weighted by Crippen LogP contribution is -2.60. The number of thiocarbonyl (C=S) groups is 1. The zero-order valence-electron chi connectivity index (χ0n) is 10.9. The Morgan fingerprint density at radius 3 is 2.57 bits per heavy atom. The average Bonchev–Trinajstić information content (AvgIpc) is 2.50. The minimum Gasteiger partial charge on any atom is -0.460 e. The van der Waals surface area contributed by atoms with E-state index in [1.165, 1.54) is 0 Å². The van der Waals surface area contributed by atoms with Crippen molar-refractivity contribution in [3.8, 4) is 5.75 Å². The first-order valence-corrected chi connectivity index (χ1v) is 6.63. The van der Waals surface area contributed by atoms with E-state index in [9.17, 15) is 15.3 Å². The highest BCUT2D eigenvalue weighted by atomic mass is 32.1. The van der Waals surface area contributed by atoms with Gasteiger partial charge in [0, 0.05) is 0 Å². The number of hydrogen-bond acceptors (Lipinski definition) is 8. The molecule has 7 nitrogen and oxygen atoms in total. The second-order valence-electron chi connectivity index (χ2n) is 4.49. The number of aliphatic hydroxyl groups excluding tert-OH is 4. The second-order valence-corrected chi connectivity index (χ2v) is 4.67. The van der Waals surface area contributed by atoms with Gasteiger partial charge in [0.15, 0.2) is 0 Å². The predicted molar refractivity (Wildman–Crippen MR) is 75.5 cm³/mol. The number of para-hydroxylation sites is 2. The molecule has 1 heterocycles. The summed E-state index contributed by atoms with van der Waals surface area (Å²) in [6.07, 6.45) is -6.70. The highest BCUT2D eigenvalue weighted by molar-refractivity contribution is 7.78. The summed E-state index contributed by atoms with van der Waals surface area (Å²) in [5.74, 6) is 0.263. The van der Waals surface area contributed by atoms with Crippen LogP contribution in [-0.4, -0.2) is 62.9 Å². The smallest absolute Gasteiger partial charge is 0.229 e. The van der Waals surface area contributed by atoms with Gasteiger partial charge in [0.25, 0.3) is 0 Å². The summed E-state index contributed by atoms with van der Waals surface area (Å²) >= 11 is 4.53. The van der Waals surface area contributed by atoms with Gasteiger partial charge >= 0.3 is 0 Å². The molecule has 0 saturated carbocycles. The maximum absolute atomic E-state index is 9.89. The average molecular weight is 313 g/mol. The van der Waals surface area contributed by atoms with Crippen LogP contribution in [0.5, 0.6) is 5.75 Å². The van der Waals surface area contributed by atoms with Crippen molar-refractivity contribution in [2.24, 2.45) is 4.99 Å². The molecule has 0 unspecified atom stereocenters. The van der Waals surface area contributed by atoms with Gasteiger partial charge in [0.05, 0.1) is 11.8 Å². The molecule has 1 aliphatic heterocycles. The molecule has 1 aromatic carbocycles. The number of rotatable bonds is 4. The summed E-state index contributed by atoms with van der Waals surface area (Å²) in [5, 5.41) is 40.6. The standard InChI is InChI=1S/C13H15NO6S/c15-5-9-10(16)11(17)12(18)13(20-9)19-8-4-2-1-3-7(8)14-6-21/h1-4,9-13,15-18H,5H2/t9-,10+,11+,12-,13-/m1/s1. The summed E-state index contributed by atoms with van der Waals surface area (Å²) in [6.45, 7) is -0.523. The van der Waals surface area contributed by atoms with Gasteiger partial charge in [0.1, 0.15) is 35.9 Å². The predicted octanol–water partition coefficient (Wildman–Crippen LogP) is -0.400. The molecule has 1 fully saturated rings. The van der Waals surface area contributed by atoms with Gasteiger partial charge in [-0.05, 0) is 24.4 Å². The number of hydrogen-bond donors (Lipinski definition) is 4. The molecule has 0 bridgehead atoms. The van der Waals surface area contributed by atoms with Gasteiger partial charge in [-0.15, -0.1) is 0 Å². The van der Waals surface area contributed by atoms with Crippen LogP contribution in [0, 0.1) is 0 Å². The van der Waals surface area contributed by atoms with E-state index in [4.69, 9.17) is 14.6 Å². The Labute approximate surface area is 126 Å². The molecule has 1 aromatic rings. The van der Waals surface area contributed by atoms with Crippen LogP contribution in [0.2, 0.25) is 0 Å². The molecule has 1 aliphatic rings. The van der Waals surface area contributed by atoms with Crippen LogP contribution in [0.4, 0.5) is 5.69 Å². The van der Waals surface area contributed by atoms with E-state index in [1.807, 2.05) is 0 Å². The Hall–Kier alpha value is -1.38. The highest BCUT2D eigenvalue weighted by Gasteiger charge is 2.44. The second kappa shape index (κ2) is 7.06. The molecule has 1 saturated heterocycles. The molecular formula is C13H15NO6S. The lowest BCUT2D eigenvalue weighted by atomic mass is 9.99. The highest BCUT2D eigenvalue weighted by Crippen LogP contribution is 2.30. The van der Waals surface area contributed by atoms with Crippen LogP contribution in [0.1, 0.15) is 0 Å². The molecule has 0 spiro atoms. The summed E-state index contributed by atoms with van der Waals surface area (Å²) in [4.78, 5) is 3.81. The van der Waals surface area contributed by atoms with Crippen molar-refractivity contribution >= 4 is 23.1 Å². The van der Waals surface area contributed by atoms with Crippen molar-refractivity contribution in [2.75, 3.05) is 6.61 Å². The van der Waals surface area contributed by atoms with E-state index in [2.05, 4.69) is 22.4 Å². The maximum atomic E-state index is 9.89. The molecule has 0 aliphatic carbocycles. The third-order valence-corrected chi connectivity index (χ3v) is 3.21. The van der Waals surface area contributed by atoms with Crippen molar-refractivity contribution in [2.45, 2.75) is 30.7 Å². The topological polar surface area (TPSA) is 112 Å². The molecule has 2 rings (SSSR count). The van der Waals surface area contributed by atoms with Gasteiger partial charge in [0.2, 0.25) is 6.29 Å². The molecule has 4 N–H and O–H groups in total. The van der Waals surface area contributed by atoms with E-state index in [0.29, 0.717) is 5.69 Å². The molecule has 114 valence electrons. The third kappa shape index (κ3) is 3.45. The quantitative estimate of drug-likeness (QED) is 0.442. The summed E-state index contributed by atoms with van der Waals surface area (Å²) in [5.41, 5.74) is 0.379. The first kappa shape index (κ1) is 16.0. The van der Waals surface area contributed by atoms with Gasteiger partial charge in [-0.1, -0.05) is 12.1 Å². The molecule has 5 atom stereocenters. The molecule has 8 heteroatoms. The van der Waals surface area contributed by atoms with E-state index in [-0.39, 0.29) is 5.75 Å². The van der Waals surface area contributed by atoms with Gasteiger partial charge in [-0.2, -0.15) is 4.99 Å². The van der Waals surface area contributed by atoms with Gasteiger partial charge in [-0.3, -0.25) is 0 Å². The Bertz CT molecular complexity index is 533. The maximum Gasteiger partial charge on any atom is 0.229 e. The number of nitrogens with zero attached hydrogens (tertiary/aromatic N) is 1. The van der Waals surface area contributed by atoms with Crippen LogP contribution in [0.3, 0.4) is 0 Å². The fourth-order valence-corrected chi connectivity index (χ4v) is 2.09. The SMILES string of the molecule is OC[C@H]1O[C@@H](Oc2ccccc2N=C=S)[C@H](O)[C@@H](O)[C@H]1O. The molecule has 21 heavy (non-hydrogen) atoms. The zero-order chi connectivity index (χ0) is 15.4. The van der Waals surface area contributed by atoms with Crippen molar-refractivity contribution in [1.29, 1.82) is 0 Å². The van der Waals surface area contributed by atoms with Crippen molar-refractivity contribution in [1.82, 2.24) is 0 Å². The number of ether oxygens (including phenoxy) is 2. The largest absolute Gasteiger partial charge is 0.460 e. The Morgan fingerprint density at radius 1 is 1.19 bits per heavy atom. The number of aliphatic imine (C=N–C) groups is 1. The number of benzene rings is 1. The first-order valence-electron chi connectivity index (χ1n) is 6.22. The van der Waals surface area contributed by atoms with Gasteiger partial charge in [-0.25, -0.2) is 0 Å². The minimum atomic E-state index is -1.50. The van der Waals surface area contributed by atoms with Crippen molar-refractivity contribution < 1.29 is 29.9 Å². The molecular weight excluding hydrogens is 298 g/mol. The van der Waals surface area contributed by atoms with Crippen LogP contribution in [0.15, 0.2) is 29.3 Å². The lowest BCUT2D eigenvalue weighted by Gasteiger charge is -2.39. The van der Waals surface area contributed by atoms with Crippen LogP contribution >= 0.6 is 12.2 Å². The van der Waals surface area contributed by atoms with E-state index >= 15 is 0 Å². The fraction of sp³-hybridized carbons (Fsp3) is 0.462. The van der Waals surface area contributed by atoms with E-state index in [0.717, 1.165) is 0 Å². The van der Waals surface area contributed by atoms with E-state index < -0.39 is 37.3 Å². The molecule has 0 radical (unpaired) electrons. The minimum absolute atomic E-state index is 0.263. The normalized spacial score (nSPS) is 32.3. The van der Waals surface area contributed by atoms with E-state index in [1.54, 1.807) is 24.3 Å². The first-order chi connectivity index (χ1) is 10.1. The third-order valence-electron chi connectivity index (χ3n) is 3.12. The Kier molecular flexibility index (Phi) is 5.38. The molecule has 0 amide bonds. The summed E-state index contributed by atoms with van der Waals surface area (Å²) in [7, 11) is 0.